The number of carbonyl (C=O) groups is 1. The highest BCUT2D eigenvalue weighted by atomic mass is 19.2. The summed E-state index contributed by atoms with van der Waals surface area (Å²) in [4.78, 5) is 12.5. The molecular weight excluding hydrogens is 484 g/mol. The molecule has 1 saturated carbocycles. The monoisotopic (exact) mass is 514 g/mol. The van der Waals surface area contributed by atoms with Crippen molar-refractivity contribution < 1.29 is 31.8 Å². The number of benzene rings is 3. The van der Waals surface area contributed by atoms with Gasteiger partial charge in [0.25, 0.3) is 0 Å². The zero-order valence-corrected chi connectivity index (χ0v) is 21.0. The van der Waals surface area contributed by atoms with E-state index in [1.165, 1.54) is 36.8 Å². The highest BCUT2D eigenvalue weighted by Crippen LogP contribution is 2.40. The fourth-order valence-electron chi connectivity index (χ4n) is 5.08. The van der Waals surface area contributed by atoms with E-state index in [-0.39, 0.29) is 29.4 Å². The van der Waals surface area contributed by atoms with E-state index in [2.05, 4.69) is 6.92 Å². The number of rotatable bonds is 8. The van der Waals surface area contributed by atoms with Gasteiger partial charge < -0.3 is 9.47 Å². The second-order valence-electron chi connectivity index (χ2n) is 9.43. The maximum absolute atomic E-state index is 15.1. The molecule has 0 N–H and O–H groups in total. The number of carbonyl (C=O) groups excluding carboxylic acids is 1. The third-order valence-electron chi connectivity index (χ3n) is 7.04. The number of hydrogen-bond donors (Lipinski definition) is 0. The van der Waals surface area contributed by atoms with Crippen LogP contribution in [0.15, 0.2) is 48.5 Å². The largest absolute Gasteiger partial charge is 0.491 e. The molecule has 0 radical (unpaired) electrons. The molecule has 0 aromatic heterocycles. The van der Waals surface area contributed by atoms with E-state index < -0.39 is 35.0 Å². The van der Waals surface area contributed by atoms with Crippen molar-refractivity contribution in [3.63, 3.8) is 0 Å². The van der Waals surface area contributed by atoms with Crippen LogP contribution in [0.3, 0.4) is 0 Å². The van der Waals surface area contributed by atoms with E-state index in [0.717, 1.165) is 38.2 Å². The van der Waals surface area contributed by atoms with Crippen molar-refractivity contribution in [2.45, 2.75) is 58.3 Å². The summed E-state index contributed by atoms with van der Waals surface area (Å²) < 4.78 is 68.4. The molecule has 4 rings (SSSR count). The lowest BCUT2D eigenvalue weighted by atomic mass is 9.77. The van der Waals surface area contributed by atoms with Crippen LogP contribution in [0, 0.1) is 29.2 Å². The molecule has 0 heterocycles. The van der Waals surface area contributed by atoms with Gasteiger partial charge in [0, 0.05) is 5.56 Å². The Balaban J connectivity index is 1.47. The van der Waals surface area contributed by atoms with Gasteiger partial charge in [-0.05, 0) is 79.8 Å². The summed E-state index contributed by atoms with van der Waals surface area (Å²) in [7, 11) is 0. The minimum absolute atomic E-state index is 0.0154. The molecular formula is C30H30F4O3. The van der Waals surface area contributed by atoms with Crippen LogP contribution in [0.5, 0.6) is 11.5 Å². The highest BCUT2D eigenvalue weighted by Gasteiger charge is 2.26. The molecule has 0 saturated heterocycles. The van der Waals surface area contributed by atoms with Gasteiger partial charge >= 0.3 is 5.97 Å². The molecule has 3 aromatic rings. The Hall–Kier alpha value is -3.35. The Bertz CT molecular complexity index is 1250. The second-order valence-corrected chi connectivity index (χ2v) is 9.43. The van der Waals surface area contributed by atoms with Crippen molar-refractivity contribution in [3.05, 3.63) is 82.9 Å². The van der Waals surface area contributed by atoms with Gasteiger partial charge in [-0.1, -0.05) is 44.0 Å². The van der Waals surface area contributed by atoms with Gasteiger partial charge in [0.15, 0.2) is 23.1 Å². The summed E-state index contributed by atoms with van der Waals surface area (Å²) in [5.74, 6) is -5.44. The lowest BCUT2D eigenvalue weighted by Gasteiger charge is -2.29. The second kappa shape index (κ2) is 11.8. The summed E-state index contributed by atoms with van der Waals surface area (Å²) >= 11 is 0. The van der Waals surface area contributed by atoms with Gasteiger partial charge in [-0.15, -0.1) is 0 Å². The third kappa shape index (κ3) is 5.81. The third-order valence-corrected chi connectivity index (χ3v) is 7.04. The molecule has 0 spiro atoms. The molecule has 3 aromatic carbocycles. The normalized spacial score (nSPS) is 17.5. The summed E-state index contributed by atoms with van der Waals surface area (Å²) in [6.45, 7) is 3.94. The van der Waals surface area contributed by atoms with Crippen molar-refractivity contribution in [1.29, 1.82) is 0 Å². The fourth-order valence-corrected chi connectivity index (χ4v) is 5.08. The van der Waals surface area contributed by atoms with Crippen molar-refractivity contribution in [2.24, 2.45) is 5.92 Å². The summed E-state index contributed by atoms with van der Waals surface area (Å²) in [5.41, 5.74) is 0.921. The first kappa shape index (κ1) is 26.7. The van der Waals surface area contributed by atoms with Crippen LogP contribution in [-0.2, 0) is 0 Å². The summed E-state index contributed by atoms with van der Waals surface area (Å²) in [5, 5.41) is 0. The minimum atomic E-state index is -1.34. The molecule has 7 heteroatoms. The van der Waals surface area contributed by atoms with E-state index in [0.29, 0.717) is 17.0 Å². The fraction of sp³-hybridized carbons (Fsp3) is 0.367. The van der Waals surface area contributed by atoms with Crippen LogP contribution in [0.25, 0.3) is 11.1 Å². The van der Waals surface area contributed by atoms with E-state index in [1.807, 2.05) is 0 Å². The van der Waals surface area contributed by atoms with Gasteiger partial charge in [-0.25, -0.2) is 13.6 Å². The zero-order chi connectivity index (χ0) is 26.5. The molecule has 0 bridgehead atoms. The van der Waals surface area contributed by atoms with Crippen LogP contribution in [0.2, 0.25) is 0 Å². The molecule has 1 aliphatic rings. The van der Waals surface area contributed by atoms with Crippen LogP contribution in [-0.4, -0.2) is 12.6 Å². The SMILES string of the molecule is CCCC1CCC(c2ccc(-c3ccc(C(=O)Oc4ccc(OCC)c(F)c4F)cc3)c(F)c2F)CC1. The number of hydrogen-bond acceptors (Lipinski definition) is 3. The quantitative estimate of drug-likeness (QED) is 0.172. The van der Waals surface area contributed by atoms with Gasteiger partial charge in [0.05, 0.1) is 12.2 Å². The van der Waals surface area contributed by atoms with Gasteiger partial charge in [-0.3, -0.25) is 0 Å². The summed E-state index contributed by atoms with van der Waals surface area (Å²) in [6, 6.07) is 11.1. The minimum Gasteiger partial charge on any atom is -0.491 e. The smallest absolute Gasteiger partial charge is 0.343 e. The molecule has 196 valence electrons. The first-order valence-electron chi connectivity index (χ1n) is 12.7. The maximum atomic E-state index is 15.1. The molecule has 1 aliphatic carbocycles. The Morgan fingerprint density at radius 1 is 0.784 bits per heavy atom. The predicted octanol–water partition coefficient (Wildman–Crippen LogP) is 8.60. The first-order valence-corrected chi connectivity index (χ1v) is 12.7. The Kier molecular flexibility index (Phi) is 8.52. The average Bonchev–Trinajstić information content (AvgIpc) is 2.91. The summed E-state index contributed by atoms with van der Waals surface area (Å²) in [6.07, 6.45) is 6.10. The lowest BCUT2D eigenvalue weighted by molar-refractivity contribution is 0.0726. The van der Waals surface area contributed by atoms with Gasteiger partial charge in [0.2, 0.25) is 11.6 Å². The molecule has 0 amide bonds. The average molecular weight is 515 g/mol. The van der Waals surface area contributed by atoms with Crippen LogP contribution in [0.4, 0.5) is 17.6 Å². The standard InChI is InChI=1S/C30H30F4O3/c1-3-5-18-6-8-19(9-7-18)22-14-15-23(27(32)26(22)31)20-10-12-21(13-11-20)30(35)37-25-17-16-24(36-4-2)28(33)29(25)34/h10-19H,3-9H2,1-2H3. The van der Waals surface area contributed by atoms with Crippen LogP contribution in [0.1, 0.15) is 74.2 Å². The Morgan fingerprint density at radius 3 is 2.08 bits per heavy atom. The molecule has 3 nitrogen and oxygen atoms in total. The number of halogens is 4. The van der Waals surface area contributed by atoms with E-state index in [9.17, 15) is 13.6 Å². The van der Waals surface area contributed by atoms with E-state index >= 15 is 8.78 Å². The maximum Gasteiger partial charge on any atom is 0.343 e. The zero-order valence-electron chi connectivity index (χ0n) is 21.0. The molecule has 1 fully saturated rings. The van der Waals surface area contributed by atoms with Crippen LogP contribution < -0.4 is 9.47 Å². The van der Waals surface area contributed by atoms with Crippen molar-refractivity contribution in [2.75, 3.05) is 6.61 Å². The van der Waals surface area contributed by atoms with Crippen molar-refractivity contribution >= 4 is 5.97 Å². The van der Waals surface area contributed by atoms with Crippen molar-refractivity contribution in [3.8, 4) is 22.6 Å². The van der Waals surface area contributed by atoms with E-state index in [1.54, 1.807) is 19.1 Å². The molecule has 0 unspecified atom stereocenters. The molecule has 0 atom stereocenters. The number of esters is 1. The Labute approximate surface area is 214 Å². The molecule has 0 aliphatic heterocycles. The highest BCUT2D eigenvalue weighted by molar-refractivity contribution is 5.91. The lowest BCUT2D eigenvalue weighted by Crippen LogP contribution is -2.15. The van der Waals surface area contributed by atoms with Crippen molar-refractivity contribution in [1.82, 2.24) is 0 Å². The van der Waals surface area contributed by atoms with E-state index in [4.69, 9.17) is 9.47 Å². The topological polar surface area (TPSA) is 35.5 Å². The number of ether oxygens (including phenoxy) is 2. The first-order chi connectivity index (χ1) is 17.8. The van der Waals surface area contributed by atoms with Gasteiger partial charge in [0.1, 0.15) is 0 Å². The Morgan fingerprint density at radius 2 is 1.43 bits per heavy atom. The molecule has 37 heavy (non-hydrogen) atoms. The predicted molar refractivity (Wildman–Crippen MR) is 134 cm³/mol. The van der Waals surface area contributed by atoms with Gasteiger partial charge in [-0.2, -0.15) is 8.78 Å². The van der Waals surface area contributed by atoms with Crippen LogP contribution >= 0.6 is 0 Å².